The Morgan fingerprint density at radius 2 is 2.00 bits per heavy atom. The number of aromatic amines is 1. The van der Waals surface area contributed by atoms with Crippen molar-refractivity contribution in [3.63, 3.8) is 0 Å². The second-order valence-corrected chi connectivity index (χ2v) is 8.33. The number of H-pyrrole nitrogens is 1. The summed E-state index contributed by atoms with van der Waals surface area (Å²) in [6.07, 6.45) is 1.79. The average Bonchev–Trinajstić information content (AvgIpc) is 3.22. The molecule has 0 spiro atoms. The molecular weight excluding hydrogens is 396 g/mol. The minimum atomic E-state index is -3.62. The van der Waals surface area contributed by atoms with E-state index in [0.29, 0.717) is 55.2 Å². The summed E-state index contributed by atoms with van der Waals surface area (Å²) in [5.74, 6) is 1.40. The summed E-state index contributed by atoms with van der Waals surface area (Å²) in [5, 5.41) is 7.01. The number of morpholine rings is 1. The molecule has 0 amide bonds. The van der Waals surface area contributed by atoms with E-state index in [4.69, 9.17) is 9.47 Å². The highest BCUT2D eigenvalue weighted by molar-refractivity contribution is 7.89. The number of hydrogen-bond acceptors (Lipinski definition) is 8. The number of sulfonamides is 1. The molecule has 1 aliphatic heterocycles. The molecule has 0 unspecified atom stereocenters. The molecule has 1 aliphatic rings. The number of anilines is 3. The van der Waals surface area contributed by atoms with E-state index < -0.39 is 10.0 Å². The third-order valence-corrected chi connectivity index (χ3v) is 6.57. The topological polar surface area (TPSA) is 121 Å². The highest BCUT2D eigenvalue weighted by Gasteiger charge is 2.27. The molecule has 3 aromatic rings. The van der Waals surface area contributed by atoms with Crippen molar-refractivity contribution in [3.8, 4) is 5.75 Å². The van der Waals surface area contributed by atoms with Crippen LogP contribution in [-0.4, -0.2) is 68.1 Å². The van der Waals surface area contributed by atoms with Gasteiger partial charge < -0.3 is 25.1 Å². The van der Waals surface area contributed by atoms with Gasteiger partial charge in [0, 0.05) is 32.4 Å². The molecule has 0 aliphatic carbocycles. The number of ether oxygens (including phenoxy) is 2. The molecule has 11 heteroatoms. The van der Waals surface area contributed by atoms with Crippen LogP contribution >= 0.6 is 0 Å². The zero-order chi connectivity index (χ0) is 20.4. The van der Waals surface area contributed by atoms with Crippen LogP contribution in [0.25, 0.3) is 11.0 Å². The van der Waals surface area contributed by atoms with Crippen molar-refractivity contribution in [1.82, 2.24) is 19.3 Å². The molecule has 154 valence electrons. The van der Waals surface area contributed by atoms with Gasteiger partial charge in [0.1, 0.15) is 17.2 Å². The van der Waals surface area contributed by atoms with Crippen molar-refractivity contribution in [3.05, 3.63) is 30.5 Å². The first-order chi connectivity index (χ1) is 14.0. The zero-order valence-electron chi connectivity index (χ0n) is 16.1. The van der Waals surface area contributed by atoms with Gasteiger partial charge in [0.25, 0.3) is 0 Å². The fourth-order valence-electron chi connectivity index (χ4n) is 3.18. The van der Waals surface area contributed by atoms with Gasteiger partial charge in [-0.25, -0.2) is 8.42 Å². The normalized spacial score (nSPS) is 15.4. The summed E-state index contributed by atoms with van der Waals surface area (Å²) in [6.45, 7) is 1.45. The van der Waals surface area contributed by atoms with E-state index in [1.54, 1.807) is 25.4 Å². The van der Waals surface area contributed by atoms with Crippen LogP contribution in [0.4, 0.5) is 17.5 Å². The van der Waals surface area contributed by atoms with Crippen molar-refractivity contribution in [2.75, 3.05) is 51.1 Å². The van der Waals surface area contributed by atoms with Gasteiger partial charge in [0.2, 0.25) is 16.0 Å². The first-order valence-electron chi connectivity index (χ1n) is 9.09. The van der Waals surface area contributed by atoms with E-state index in [1.807, 2.05) is 6.07 Å². The molecule has 10 nitrogen and oxygen atoms in total. The minimum absolute atomic E-state index is 0.165. The van der Waals surface area contributed by atoms with Crippen molar-refractivity contribution < 1.29 is 17.9 Å². The largest absolute Gasteiger partial charge is 0.495 e. The van der Waals surface area contributed by atoms with Crippen molar-refractivity contribution in [2.45, 2.75) is 4.90 Å². The van der Waals surface area contributed by atoms with Crippen molar-refractivity contribution >= 4 is 38.5 Å². The Hall–Kier alpha value is -2.89. The van der Waals surface area contributed by atoms with E-state index in [9.17, 15) is 8.42 Å². The van der Waals surface area contributed by atoms with Crippen LogP contribution in [0, 0.1) is 0 Å². The first kappa shape index (κ1) is 19.4. The lowest BCUT2D eigenvalue weighted by molar-refractivity contribution is 0.0730. The van der Waals surface area contributed by atoms with Crippen molar-refractivity contribution in [2.24, 2.45) is 0 Å². The number of nitrogens with one attached hydrogen (secondary N) is 3. The molecular formula is C18H22N6O4S. The molecule has 1 fully saturated rings. The molecule has 1 saturated heterocycles. The second kappa shape index (κ2) is 7.85. The molecule has 3 heterocycles. The highest BCUT2D eigenvalue weighted by Crippen LogP contribution is 2.31. The van der Waals surface area contributed by atoms with Crippen LogP contribution in [0.5, 0.6) is 5.75 Å². The molecule has 4 rings (SSSR count). The maximum Gasteiger partial charge on any atom is 0.243 e. The smallest absolute Gasteiger partial charge is 0.243 e. The Morgan fingerprint density at radius 3 is 2.72 bits per heavy atom. The quantitative estimate of drug-likeness (QED) is 0.554. The highest BCUT2D eigenvalue weighted by atomic mass is 32.2. The number of aromatic nitrogens is 3. The van der Waals surface area contributed by atoms with Crippen LogP contribution in [0.1, 0.15) is 0 Å². The number of hydrogen-bond donors (Lipinski definition) is 3. The molecule has 0 atom stereocenters. The average molecular weight is 418 g/mol. The van der Waals surface area contributed by atoms with Gasteiger partial charge >= 0.3 is 0 Å². The van der Waals surface area contributed by atoms with E-state index >= 15 is 0 Å². The van der Waals surface area contributed by atoms with Gasteiger partial charge in [0.15, 0.2) is 0 Å². The van der Waals surface area contributed by atoms with Crippen molar-refractivity contribution in [1.29, 1.82) is 0 Å². The van der Waals surface area contributed by atoms with E-state index in [1.165, 1.54) is 17.5 Å². The Kier molecular flexibility index (Phi) is 5.26. The van der Waals surface area contributed by atoms with Crippen LogP contribution in [0.3, 0.4) is 0 Å². The number of fused-ring (bicyclic) bond motifs is 1. The number of benzene rings is 1. The lowest BCUT2D eigenvalue weighted by Gasteiger charge is -2.26. The zero-order valence-corrected chi connectivity index (χ0v) is 16.9. The van der Waals surface area contributed by atoms with Crippen LogP contribution in [0.15, 0.2) is 35.4 Å². The third kappa shape index (κ3) is 3.71. The fourth-order valence-corrected chi connectivity index (χ4v) is 4.60. The molecule has 2 aromatic heterocycles. The molecule has 3 N–H and O–H groups in total. The predicted molar refractivity (Wildman–Crippen MR) is 109 cm³/mol. The Morgan fingerprint density at radius 1 is 1.21 bits per heavy atom. The van der Waals surface area contributed by atoms with Gasteiger partial charge in [-0.3, -0.25) is 0 Å². The lowest BCUT2D eigenvalue weighted by atomic mass is 10.3. The summed E-state index contributed by atoms with van der Waals surface area (Å²) < 4.78 is 37.8. The van der Waals surface area contributed by atoms with Crippen LogP contribution in [0.2, 0.25) is 0 Å². The molecule has 0 saturated carbocycles. The first-order valence-corrected chi connectivity index (χ1v) is 10.5. The van der Waals surface area contributed by atoms with E-state index in [-0.39, 0.29) is 4.90 Å². The number of methoxy groups -OCH3 is 1. The number of rotatable bonds is 6. The van der Waals surface area contributed by atoms with Gasteiger partial charge in [-0.15, -0.1) is 0 Å². The standard InChI is InChI=1S/C18H22N6O4S/c1-19-16-13-5-6-20-17(13)23-18(22-16)21-14-4-3-12(11-15(14)27-2)29(25,26)24-7-9-28-10-8-24/h3-6,11H,7-10H2,1-2H3,(H3,19,20,21,22,23). The summed E-state index contributed by atoms with van der Waals surface area (Å²) in [5.41, 5.74) is 1.23. The van der Waals surface area contributed by atoms with E-state index in [0.717, 1.165) is 5.39 Å². The second-order valence-electron chi connectivity index (χ2n) is 6.39. The van der Waals surface area contributed by atoms with Crippen LogP contribution < -0.4 is 15.4 Å². The SMILES string of the molecule is CNc1nc(Nc2ccc(S(=O)(=O)N3CCOCC3)cc2OC)nc2[nH]ccc12. The van der Waals surface area contributed by atoms with Gasteiger partial charge in [-0.1, -0.05) is 0 Å². The fraction of sp³-hybridized carbons (Fsp3) is 0.333. The summed E-state index contributed by atoms with van der Waals surface area (Å²) in [7, 11) is -0.349. The Bertz CT molecular complexity index is 1120. The minimum Gasteiger partial charge on any atom is -0.495 e. The molecule has 1 aromatic carbocycles. The lowest BCUT2D eigenvalue weighted by Crippen LogP contribution is -2.40. The molecule has 29 heavy (non-hydrogen) atoms. The molecule has 0 radical (unpaired) electrons. The third-order valence-electron chi connectivity index (χ3n) is 4.68. The Labute approximate surface area is 168 Å². The van der Waals surface area contributed by atoms with Crippen LogP contribution in [-0.2, 0) is 14.8 Å². The maximum atomic E-state index is 12.9. The maximum absolute atomic E-state index is 12.9. The molecule has 0 bridgehead atoms. The Balaban J connectivity index is 1.65. The predicted octanol–water partition coefficient (Wildman–Crippen LogP) is 1.77. The van der Waals surface area contributed by atoms with Gasteiger partial charge in [-0.2, -0.15) is 14.3 Å². The summed E-state index contributed by atoms with van der Waals surface area (Å²) in [4.78, 5) is 12.1. The van der Waals surface area contributed by atoms with Gasteiger partial charge in [0.05, 0.1) is 36.3 Å². The monoisotopic (exact) mass is 418 g/mol. The van der Waals surface area contributed by atoms with E-state index in [2.05, 4.69) is 25.6 Å². The van der Waals surface area contributed by atoms with Gasteiger partial charge in [-0.05, 0) is 18.2 Å². The summed E-state index contributed by atoms with van der Waals surface area (Å²) >= 11 is 0. The number of nitrogens with zero attached hydrogens (tertiary/aromatic N) is 3. The summed E-state index contributed by atoms with van der Waals surface area (Å²) in [6, 6.07) is 6.57.